The molecule has 2 aliphatic rings. The van der Waals surface area contributed by atoms with E-state index in [-0.39, 0.29) is 11.3 Å². The van der Waals surface area contributed by atoms with Crippen molar-refractivity contribution in [3.8, 4) is 0 Å². The summed E-state index contributed by atoms with van der Waals surface area (Å²) < 4.78 is 6.40. The van der Waals surface area contributed by atoms with Crippen LogP contribution < -0.4 is 0 Å². The largest absolute Gasteiger partial charge is 0.375 e. The maximum atomic E-state index is 12.4. The predicted molar refractivity (Wildman–Crippen MR) is 96.5 cm³/mol. The highest BCUT2D eigenvalue weighted by Gasteiger charge is 2.35. The molecule has 134 valence electrons. The van der Waals surface area contributed by atoms with E-state index in [1.165, 1.54) is 25.7 Å². The molecule has 0 aliphatic heterocycles. The summed E-state index contributed by atoms with van der Waals surface area (Å²) in [6.45, 7) is 13.2. The molecular formula is C21H38O2. The van der Waals surface area contributed by atoms with Gasteiger partial charge < -0.3 is 4.74 Å². The van der Waals surface area contributed by atoms with Crippen LogP contribution in [-0.4, -0.2) is 18.0 Å². The number of hydrogen-bond acceptors (Lipinski definition) is 2. The lowest BCUT2D eigenvalue weighted by Gasteiger charge is -2.39. The Hall–Kier alpha value is -0.370. The number of ether oxygens (including phenoxy) is 1. The molecular weight excluding hydrogens is 284 g/mol. The van der Waals surface area contributed by atoms with E-state index in [1.807, 2.05) is 20.8 Å². The highest BCUT2D eigenvalue weighted by atomic mass is 16.5. The van der Waals surface area contributed by atoms with Crippen molar-refractivity contribution < 1.29 is 9.53 Å². The van der Waals surface area contributed by atoms with Gasteiger partial charge in [-0.15, -0.1) is 0 Å². The monoisotopic (exact) mass is 322 g/mol. The molecule has 2 fully saturated rings. The lowest BCUT2D eigenvalue weighted by Crippen LogP contribution is -2.35. The van der Waals surface area contributed by atoms with Gasteiger partial charge in [0.1, 0.15) is 5.78 Å². The normalized spacial score (nSPS) is 33.5. The second kappa shape index (κ2) is 7.25. The Labute approximate surface area is 143 Å². The Morgan fingerprint density at radius 1 is 0.739 bits per heavy atom. The molecule has 0 amide bonds. The molecule has 0 aromatic rings. The summed E-state index contributed by atoms with van der Waals surface area (Å²) in [6, 6.07) is 0. The molecule has 0 radical (unpaired) electrons. The van der Waals surface area contributed by atoms with E-state index in [9.17, 15) is 4.79 Å². The van der Waals surface area contributed by atoms with Crippen LogP contribution in [0.15, 0.2) is 0 Å². The molecule has 0 spiro atoms. The van der Waals surface area contributed by atoms with Crippen molar-refractivity contribution in [1.82, 2.24) is 0 Å². The van der Waals surface area contributed by atoms with Crippen molar-refractivity contribution in [1.29, 1.82) is 0 Å². The first-order valence-electron chi connectivity index (χ1n) is 9.77. The summed E-state index contributed by atoms with van der Waals surface area (Å²) in [5, 5.41) is 0. The minimum Gasteiger partial charge on any atom is -0.375 e. The van der Waals surface area contributed by atoms with Gasteiger partial charge >= 0.3 is 0 Å². The molecule has 0 bridgehead atoms. The fourth-order valence-corrected chi connectivity index (χ4v) is 4.41. The van der Waals surface area contributed by atoms with Gasteiger partial charge in [0.25, 0.3) is 0 Å². The van der Waals surface area contributed by atoms with Gasteiger partial charge in [0.15, 0.2) is 0 Å². The number of Topliss-reactive ketones (excluding diaryl/α,β-unsaturated/α-hetero) is 1. The van der Waals surface area contributed by atoms with Crippen LogP contribution in [0.1, 0.15) is 92.9 Å². The number of hydrogen-bond donors (Lipinski definition) is 0. The van der Waals surface area contributed by atoms with Crippen LogP contribution in [0.2, 0.25) is 0 Å². The van der Waals surface area contributed by atoms with Gasteiger partial charge in [0.05, 0.1) is 12.2 Å². The molecule has 0 N–H and O–H groups in total. The molecule has 0 aromatic carbocycles. The average Bonchev–Trinajstić information content (AvgIpc) is 2.46. The number of carbonyl (C=O) groups is 1. The maximum Gasteiger partial charge on any atom is 0.141 e. The smallest absolute Gasteiger partial charge is 0.141 e. The summed E-state index contributed by atoms with van der Waals surface area (Å²) >= 11 is 0. The molecule has 0 aromatic heterocycles. The fourth-order valence-electron chi connectivity index (χ4n) is 4.41. The zero-order valence-corrected chi connectivity index (χ0v) is 16.3. The Morgan fingerprint density at radius 3 is 1.57 bits per heavy atom. The van der Waals surface area contributed by atoms with E-state index in [2.05, 4.69) is 20.8 Å². The third-order valence-electron chi connectivity index (χ3n) is 6.07. The predicted octanol–water partition coefficient (Wildman–Crippen LogP) is 5.78. The Morgan fingerprint density at radius 2 is 1.17 bits per heavy atom. The summed E-state index contributed by atoms with van der Waals surface area (Å²) in [4.78, 5) is 12.4. The van der Waals surface area contributed by atoms with E-state index in [0.29, 0.717) is 23.4 Å². The van der Waals surface area contributed by atoms with Gasteiger partial charge in [0, 0.05) is 11.3 Å². The molecule has 0 saturated heterocycles. The van der Waals surface area contributed by atoms with Crippen LogP contribution in [0.5, 0.6) is 0 Å². The van der Waals surface area contributed by atoms with Crippen molar-refractivity contribution in [3.05, 3.63) is 0 Å². The third-order valence-corrected chi connectivity index (χ3v) is 6.07. The minimum atomic E-state index is -0.191. The van der Waals surface area contributed by atoms with Crippen molar-refractivity contribution in [2.45, 2.75) is 105 Å². The standard InChI is InChI=1S/C21H38O2/c1-20(2,3)16-9-13-18(14-10-16)23-17-11-7-15(8-12-17)19(22)21(4,5)6/h15-18H,7-14H2,1-6H3. The highest BCUT2D eigenvalue weighted by molar-refractivity contribution is 5.86. The van der Waals surface area contributed by atoms with E-state index in [4.69, 9.17) is 4.74 Å². The summed E-state index contributed by atoms with van der Waals surface area (Å²) in [5.41, 5.74) is 0.250. The zero-order chi connectivity index (χ0) is 17.3. The highest BCUT2D eigenvalue weighted by Crippen LogP contribution is 2.40. The first kappa shape index (κ1) is 19.0. The second-order valence-corrected chi connectivity index (χ2v) is 10.1. The first-order chi connectivity index (χ1) is 10.6. The number of carbonyl (C=O) groups excluding carboxylic acids is 1. The van der Waals surface area contributed by atoms with Gasteiger partial charge in [-0.05, 0) is 62.7 Å². The van der Waals surface area contributed by atoms with Crippen LogP contribution in [0.25, 0.3) is 0 Å². The first-order valence-corrected chi connectivity index (χ1v) is 9.77. The molecule has 0 unspecified atom stereocenters. The topological polar surface area (TPSA) is 26.3 Å². The Balaban J connectivity index is 1.73. The minimum absolute atomic E-state index is 0.191. The lowest BCUT2D eigenvalue weighted by atomic mass is 9.71. The van der Waals surface area contributed by atoms with Crippen molar-refractivity contribution in [2.75, 3.05) is 0 Å². The van der Waals surface area contributed by atoms with E-state index in [0.717, 1.165) is 31.6 Å². The Kier molecular flexibility index (Phi) is 5.98. The Bertz CT molecular complexity index is 383. The van der Waals surface area contributed by atoms with E-state index in [1.54, 1.807) is 0 Å². The SMILES string of the molecule is CC(C)(C)C(=O)C1CCC(OC2CCC(C(C)(C)C)CC2)CC1. The van der Waals surface area contributed by atoms with Crippen LogP contribution in [0.4, 0.5) is 0 Å². The average molecular weight is 323 g/mol. The number of rotatable bonds is 3. The van der Waals surface area contributed by atoms with Gasteiger partial charge in [-0.1, -0.05) is 41.5 Å². The zero-order valence-electron chi connectivity index (χ0n) is 16.3. The molecule has 2 rings (SSSR count). The van der Waals surface area contributed by atoms with Crippen molar-refractivity contribution in [3.63, 3.8) is 0 Å². The third kappa shape index (κ3) is 5.31. The number of ketones is 1. The van der Waals surface area contributed by atoms with Crippen LogP contribution in [-0.2, 0) is 9.53 Å². The lowest BCUT2D eigenvalue weighted by molar-refractivity contribution is -0.133. The quantitative estimate of drug-likeness (QED) is 0.658. The van der Waals surface area contributed by atoms with Crippen LogP contribution in [0, 0.1) is 22.7 Å². The van der Waals surface area contributed by atoms with Gasteiger partial charge in [-0.25, -0.2) is 0 Å². The van der Waals surface area contributed by atoms with Crippen LogP contribution >= 0.6 is 0 Å². The molecule has 2 nitrogen and oxygen atoms in total. The molecule has 2 saturated carbocycles. The van der Waals surface area contributed by atoms with E-state index < -0.39 is 0 Å². The molecule has 0 heterocycles. The van der Waals surface area contributed by atoms with Crippen molar-refractivity contribution >= 4 is 5.78 Å². The molecule has 0 atom stereocenters. The van der Waals surface area contributed by atoms with Gasteiger partial charge in [-0.2, -0.15) is 0 Å². The van der Waals surface area contributed by atoms with Gasteiger partial charge in [0.2, 0.25) is 0 Å². The maximum absolute atomic E-state index is 12.4. The second-order valence-electron chi connectivity index (χ2n) is 10.1. The molecule has 23 heavy (non-hydrogen) atoms. The summed E-state index contributed by atoms with van der Waals surface area (Å²) in [7, 11) is 0. The van der Waals surface area contributed by atoms with Gasteiger partial charge in [-0.3, -0.25) is 4.79 Å². The van der Waals surface area contributed by atoms with E-state index >= 15 is 0 Å². The van der Waals surface area contributed by atoms with Crippen LogP contribution in [0.3, 0.4) is 0 Å². The summed E-state index contributed by atoms with van der Waals surface area (Å²) in [5.74, 6) is 1.57. The summed E-state index contributed by atoms with van der Waals surface area (Å²) in [6.07, 6.45) is 10.1. The molecule has 2 heteroatoms. The van der Waals surface area contributed by atoms with Crippen molar-refractivity contribution in [2.24, 2.45) is 22.7 Å². The molecule has 2 aliphatic carbocycles. The fraction of sp³-hybridized carbons (Fsp3) is 0.952.